The van der Waals surface area contributed by atoms with Gasteiger partial charge in [-0.05, 0) is 36.4 Å². The Morgan fingerprint density at radius 2 is 2.36 bits per heavy atom. The van der Waals surface area contributed by atoms with Gasteiger partial charge in [-0.15, -0.1) is 16.4 Å². The van der Waals surface area contributed by atoms with Crippen molar-refractivity contribution in [3.05, 3.63) is 27.1 Å². The van der Waals surface area contributed by atoms with E-state index in [1.165, 1.54) is 20.9 Å². The standard InChI is InChI=1S/C14H14ClN5OS/c1-2-11-17-14(15)19-20(11)7-12(21)18-13-9(6-16)8-4-3-5-10(8)22-13/h2-5,7H2,1H3,(H,18,21). The number of fused-ring (bicyclic) bond motifs is 1. The van der Waals surface area contributed by atoms with Crippen LogP contribution in [0.3, 0.4) is 0 Å². The maximum Gasteiger partial charge on any atom is 0.246 e. The third-order valence-corrected chi connectivity index (χ3v) is 4.99. The van der Waals surface area contributed by atoms with Crippen molar-refractivity contribution in [2.45, 2.75) is 39.2 Å². The van der Waals surface area contributed by atoms with Crippen molar-refractivity contribution in [1.29, 1.82) is 5.26 Å². The van der Waals surface area contributed by atoms with Crippen LogP contribution in [0.15, 0.2) is 0 Å². The van der Waals surface area contributed by atoms with Gasteiger partial charge in [-0.25, -0.2) is 9.67 Å². The average molecular weight is 336 g/mol. The predicted molar refractivity (Wildman–Crippen MR) is 84.1 cm³/mol. The van der Waals surface area contributed by atoms with E-state index >= 15 is 0 Å². The van der Waals surface area contributed by atoms with Crippen molar-refractivity contribution < 1.29 is 4.79 Å². The zero-order valence-electron chi connectivity index (χ0n) is 12.0. The summed E-state index contributed by atoms with van der Waals surface area (Å²) in [6, 6.07) is 2.21. The number of halogens is 1. The van der Waals surface area contributed by atoms with Gasteiger partial charge in [0.2, 0.25) is 11.2 Å². The molecule has 1 aliphatic rings. The molecule has 3 rings (SSSR count). The SMILES string of the molecule is CCc1nc(Cl)nn1CC(=O)Nc1sc2c(c1C#N)CCC2. The van der Waals surface area contributed by atoms with Gasteiger partial charge in [0.1, 0.15) is 23.4 Å². The Labute approximate surface area is 136 Å². The van der Waals surface area contributed by atoms with Gasteiger partial charge in [0.05, 0.1) is 5.56 Å². The number of aromatic nitrogens is 3. The molecular formula is C14H14ClN5OS. The van der Waals surface area contributed by atoms with Crippen LogP contribution in [0.1, 0.15) is 35.2 Å². The van der Waals surface area contributed by atoms with Crippen LogP contribution in [0.4, 0.5) is 5.00 Å². The summed E-state index contributed by atoms with van der Waals surface area (Å²) in [4.78, 5) is 17.5. The molecule has 0 spiro atoms. The summed E-state index contributed by atoms with van der Waals surface area (Å²) >= 11 is 7.27. The second kappa shape index (κ2) is 6.07. The lowest BCUT2D eigenvalue weighted by Gasteiger charge is -2.05. The van der Waals surface area contributed by atoms with E-state index in [0.717, 1.165) is 24.8 Å². The van der Waals surface area contributed by atoms with Gasteiger partial charge in [0.25, 0.3) is 0 Å². The Bertz CT molecular complexity index is 773. The Morgan fingerprint density at radius 3 is 3.09 bits per heavy atom. The minimum Gasteiger partial charge on any atom is -0.315 e. The first kappa shape index (κ1) is 15.0. The molecule has 6 nitrogen and oxygen atoms in total. The molecule has 2 aromatic heterocycles. The molecule has 0 unspecified atom stereocenters. The van der Waals surface area contributed by atoms with Crippen molar-refractivity contribution in [3.8, 4) is 6.07 Å². The van der Waals surface area contributed by atoms with Gasteiger partial charge in [-0.2, -0.15) is 5.26 Å². The number of thiophene rings is 1. The maximum absolute atomic E-state index is 12.2. The summed E-state index contributed by atoms with van der Waals surface area (Å²) < 4.78 is 1.49. The lowest BCUT2D eigenvalue weighted by atomic mass is 10.1. The second-order valence-electron chi connectivity index (χ2n) is 5.03. The summed E-state index contributed by atoms with van der Waals surface area (Å²) in [7, 11) is 0. The van der Waals surface area contributed by atoms with Crippen LogP contribution in [0.2, 0.25) is 5.28 Å². The van der Waals surface area contributed by atoms with Crippen LogP contribution in [0.5, 0.6) is 0 Å². The summed E-state index contributed by atoms with van der Waals surface area (Å²) in [5.41, 5.74) is 1.71. The molecule has 1 N–H and O–H groups in total. The summed E-state index contributed by atoms with van der Waals surface area (Å²) in [6.07, 6.45) is 3.64. The van der Waals surface area contributed by atoms with Gasteiger partial charge in [-0.3, -0.25) is 4.79 Å². The van der Waals surface area contributed by atoms with Crippen molar-refractivity contribution in [1.82, 2.24) is 14.8 Å². The summed E-state index contributed by atoms with van der Waals surface area (Å²) in [5, 5.41) is 16.9. The highest BCUT2D eigenvalue weighted by molar-refractivity contribution is 7.16. The lowest BCUT2D eigenvalue weighted by Crippen LogP contribution is -2.21. The van der Waals surface area contributed by atoms with Crippen LogP contribution < -0.4 is 5.32 Å². The third kappa shape index (κ3) is 2.72. The highest BCUT2D eigenvalue weighted by Crippen LogP contribution is 2.38. The Kier molecular flexibility index (Phi) is 4.14. The number of carbonyl (C=O) groups is 1. The van der Waals surface area contributed by atoms with E-state index in [9.17, 15) is 10.1 Å². The van der Waals surface area contributed by atoms with Gasteiger partial charge in [0.15, 0.2) is 0 Å². The molecular weight excluding hydrogens is 322 g/mol. The van der Waals surface area contributed by atoms with Crippen LogP contribution in [-0.2, 0) is 30.6 Å². The molecule has 0 saturated heterocycles. The van der Waals surface area contributed by atoms with E-state index in [0.29, 0.717) is 22.8 Å². The van der Waals surface area contributed by atoms with Crippen LogP contribution in [0.25, 0.3) is 0 Å². The van der Waals surface area contributed by atoms with Crippen LogP contribution in [0, 0.1) is 11.3 Å². The van der Waals surface area contributed by atoms with Crippen molar-refractivity contribution in [3.63, 3.8) is 0 Å². The van der Waals surface area contributed by atoms with Gasteiger partial charge < -0.3 is 5.32 Å². The third-order valence-electron chi connectivity index (χ3n) is 3.62. The topological polar surface area (TPSA) is 83.6 Å². The van der Waals surface area contributed by atoms with E-state index in [1.807, 2.05) is 6.92 Å². The smallest absolute Gasteiger partial charge is 0.246 e. The van der Waals surface area contributed by atoms with Crippen molar-refractivity contribution >= 4 is 33.8 Å². The van der Waals surface area contributed by atoms with Crippen LogP contribution in [-0.4, -0.2) is 20.7 Å². The minimum atomic E-state index is -0.229. The van der Waals surface area contributed by atoms with E-state index in [-0.39, 0.29) is 17.7 Å². The molecule has 0 fully saturated rings. The molecule has 8 heteroatoms. The largest absolute Gasteiger partial charge is 0.315 e. The minimum absolute atomic E-state index is 0.0380. The Balaban J connectivity index is 1.76. The highest BCUT2D eigenvalue weighted by atomic mass is 35.5. The number of amides is 1. The molecule has 0 bridgehead atoms. The first-order valence-corrected chi connectivity index (χ1v) is 8.25. The molecule has 1 aliphatic carbocycles. The molecule has 0 radical (unpaired) electrons. The second-order valence-corrected chi connectivity index (χ2v) is 6.47. The fourth-order valence-corrected chi connectivity index (χ4v) is 4.09. The number of nitriles is 1. The molecule has 1 amide bonds. The molecule has 0 atom stereocenters. The number of hydrogen-bond donors (Lipinski definition) is 1. The Hall–Kier alpha value is -1.91. The number of anilines is 1. The molecule has 2 aromatic rings. The molecule has 2 heterocycles. The molecule has 0 aromatic carbocycles. The first-order valence-electron chi connectivity index (χ1n) is 7.06. The molecule has 114 valence electrons. The van der Waals surface area contributed by atoms with E-state index in [1.54, 1.807) is 0 Å². The molecule has 0 aliphatic heterocycles. The number of aryl methyl sites for hydroxylation is 2. The number of nitrogens with zero attached hydrogens (tertiary/aromatic N) is 4. The lowest BCUT2D eigenvalue weighted by molar-refractivity contribution is -0.116. The van der Waals surface area contributed by atoms with E-state index < -0.39 is 0 Å². The average Bonchev–Trinajstić information content (AvgIpc) is 3.13. The first-order chi connectivity index (χ1) is 10.6. The molecule has 22 heavy (non-hydrogen) atoms. The van der Waals surface area contributed by atoms with Gasteiger partial charge >= 0.3 is 0 Å². The van der Waals surface area contributed by atoms with Gasteiger partial charge in [0, 0.05) is 11.3 Å². The summed E-state index contributed by atoms with van der Waals surface area (Å²) in [5.74, 6) is 0.432. The Morgan fingerprint density at radius 1 is 1.55 bits per heavy atom. The van der Waals surface area contributed by atoms with Gasteiger partial charge in [-0.1, -0.05) is 6.92 Å². The van der Waals surface area contributed by atoms with Crippen molar-refractivity contribution in [2.24, 2.45) is 0 Å². The summed E-state index contributed by atoms with van der Waals surface area (Å²) in [6.45, 7) is 1.96. The zero-order valence-corrected chi connectivity index (χ0v) is 13.6. The highest BCUT2D eigenvalue weighted by Gasteiger charge is 2.23. The van der Waals surface area contributed by atoms with E-state index in [4.69, 9.17) is 11.6 Å². The zero-order chi connectivity index (χ0) is 15.7. The number of carbonyl (C=O) groups excluding carboxylic acids is 1. The maximum atomic E-state index is 12.2. The number of rotatable bonds is 4. The van der Waals surface area contributed by atoms with Crippen LogP contribution >= 0.6 is 22.9 Å². The van der Waals surface area contributed by atoms with Crippen molar-refractivity contribution in [2.75, 3.05) is 5.32 Å². The number of hydrogen-bond acceptors (Lipinski definition) is 5. The normalized spacial score (nSPS) is 13.0. The monoisotopic (exact) mass is 335 g/mol. The quantitative estimate of drug-likeness (QED) is 0.930. The van der Waals surface area contributed by atoms with E-state index in [2.05, 4.69) is 21.5 Å². The molecule has 0 saturated carbocycles. The number of nitrogens with one attached hydrogen (secondary N) is 1. The predicted octanol–water partition coefficient (Wildman–Crippen LogP) is 2.55. The fourth-order valence-electron chi connectivity index (χ4n) is 2.64. The fraction of sp³-hybridized carbons (Fsp3) is 0.429.